The third kappa shape index (κ3) is 4.92. The molecule has 0 saturated carbocycles. The van der Waals surface area contributed by atoms with E-state index in [1.165, 1.54) is 11.1 Å². The minimum Gasteiger partial charge on any atom is -0.367 e. The summed E-state index contributed by atoms with van der Waals surface area (Å²) < 4.78 is 21.0. The Hall–Kier alpha value is -3.90. The van der Waals surface area contributed by atoms with E-state index in [9.17, 15) is 0 Å². The summed E-state index contributed by atoms with van der Waals surface area (Å²) in [4.78, 5) is 17.0. The Morgan fingerprint density at radius 2 is 1.67 bits per heavy atom. The lowest BCUT2D eigenvalue weighted by Crippen LogP contribution is -2.27. The van der Waals surface area contributed by atoms with Gasteiger partial charge in [0, 0.05) is 18.9 Å². The van der Waals surface area contributed by atoms with Crippen molar-refractivity contribution in [3.8, 4) is 0 Å². The molecule has 2 aliphatic heterocycles. The number of fused-ring (bicyclic) bond motifs is 2. The Kier molecular flexibility index (Phi) is 6.89. The second-order valence-corrected chi connectivity index (χ2v) is 11.3. The maximum atomic E-state index is 6.53. The van der Waals surface area contributed by atoms with E-state index in [2.05, 4.69) is 54.7 Å². The van der Waals surface area contributed by atoms with Gasteiger partial charge in [-0.3, -0.25) is 4.57 Å². The average molecular weight is 587 g/mol. The number of rotatable bonds is 8. The number of aryl methyl sites for hydroxylation is 1. The van der Waals surface area contributed by atoms with Crippen LogP contribution in [-0.4, -0.2) is 59.2 Å². The van der Waals surface area contributed by atoms with Crippen molar-refractivity contribution in [2.24, 2.45) is 0 Å². The van der Waals surface area contributed by atoms with Crippen molar-refractivity contribution in [2.75, 3.05) is 11.9 Å². The van der Waals surface area contributed by atoms with E-state index >= 15 is 0 Å². The summed E-state index contributed by atoms with van der Waals surface area (Å²) in [5.74, 6) is 1.19. The zero-order valence-corrected chi connectivity index (χ0v) is 24.2. The van der Waals surface area contributed by atoms with Gasteiger partial charge in [0.05, 0.1) is 6.33 Å². The van der Waals surface area contributed by atoms with Gasteiger partial charge in [-0.15, -0.1) is 10.2 Å². The zero-order chi connectivity index (χ0) is 28.8. The molecule has 5 heterocycles. The molecule has 5 aromatic rings. The topological polar surface area (TPSA) is 125 Å². The molecule has 0 bridgehead atoms. The van der Waals surface area contributed by atoms with Gasteiger partial charge in [-0.05, 0) is 36.6 Å². The molecule has 0 unspecified atom stereocenters. The fraction of sp³-hybridized carbons (Fsp3) is 0.367. The highest BCUT2D eigenvalue weighted by molar-refractivity contribution is 6.28. The van der Waals surface area contributed by atoms with E-state index in [0.717, 1.165) is 12.2 Å². The molecule has 4 atom stereocenters. The number of nitrogens with zero attached hydrogens (tertiary/aromatic N) is 6. The predicted octanol–water partition coefficient (Wildman–Crippen LogP) is 5.19. The normalized spacial score (nSPS) is 23.1. The number of aromatic nitrogens is 7. The van der Waals surface area contributed by atoms with Crippen molar-refractivity contribution < 1.29 is 14.2 Å². The van der Waals surface area contributed by atoms with Crippen LogP contribution in [0.15, 0.2) is 67.0 Å². The van der Waals surface area contributed by atoms with E-state index in [1.54, 1.807) is 6.33 Å². The molecular weight excluding hydrogens is 556 g/mol. The summed E-state index contributed by atoms with van der Waals surface area (Å²) in [6.45, 7) is 6.37. The van der Waals surface area contributed by atoms with Crippen molar-refractivity contribution in [1.82, 2.24) is 34.7 Å². The Bertz CT molecular complexity index is 1650. The minimum absolute atomic E-state index is 0.0825. The van der Waals surface area contributed by atoms with Crippen LogP contribution >= 0.6 is 11.6 Å². The average Bonchev–Trinajstić information content (AvgIpc) is 3.77. The lowest BCUT2D eigenvalue weighted by Gasteiger charge is -2.24. The first-order valence-corrected chi connectivity index (χ1v) is 14.4. The van der Waals surface area contributed by atoms with Gasteiger partial charge in [0.1, 0.15) is 24.1 Å². The number of H-pyrrole nitrogens is 1. The molecule has 216 valence electrons. The third-order valence-corrected chi connectivity index (χ3v) is 7.90. The van der Waals surface area contributed by atoms with Crippen molar-refractivity contribution in [2.45, 2.75) is 63.4 Å². The SMILES string of the molecule is CCc1nnc([C@H]2O[C@@H](n3cnc4c(NCC(c5ccccc5)c5ccccc5)nc(Cl)nc43)[C@@H]3OC(C)(C)O[C@@H]32)[nH]1. The first-order valence-electron chi connectivity index (χ1n) is 14.1. The lowest BCUT2D eigenvalue weighted by atomic mass is 9.91. The summed E-state index contributed by atoms with van der Waals surface area (Å²) in [5, 5.41) is 12.1. The van der Waals surface area contributed by atoms with Crippen LogP contribution in [0.4, 0.5) is 5.82 Å². The second kappa shape index (κ2) is 10.7. The van der Waals surface area contributed by atoms with Crippen molar-refractivity contribution in [3.63, 3.8) is 0 Å². The number of anilines is 1. The molecule has 0 spiro atoms. The van der Waals surface area contributed by atoms with E-state index in [-0.39, 0.29) is 11.2 Å². The van der Waals surface area contributed by atoms with Gasteiger partial charge in [0.15, 0.2) is 34.8 Å². The van der Waals surface area contributed by atoms with Crippen LogP contribution in [-0.2, 0) is 20.6 Å². The molecule has 11 nitrogen and oxygen atoms in total. The summed E-state index contributed by atoms with van der Waals surface area (Å²) in [6, 6.07) is 20.7. The largest absolute Gasteiger partial charge is 0.367 e. The van der Waals surface area contributed by atoms with Crippen molar-refractivity contribution in [1.29, 1.82) is 0 Å². The number of aromatic amines is 1. The molecule has 7 rings (SSSR count). The van der Waals surface area contributed by atoms with Gasteiger partial charge in [0.25, 0.3) is 0 Å². The minimum atomic E-state index is -0.803. The third-order valence-electron chi connectivity index (χ3n) is 7.73. The zero-order valence-electron chi connectivity index (χ0n) is 23.4. The highest BCUT2D eigenvalue weighted by atomic mass is 35.5. The van der Waals surface area contributed by atoms with Gasteiger partial charge in [0.2, 0.25) is 5.28 Å². The van der Waals surface area contributed by atoms with Gasteiger partial charge in [-0.25, -0.2) is 4.98 Å². The number of imidazole rings is 1. The molecule has 2 saturated heterocycles. The number of nitrogens with one attached hydrogen (secondary N) is 2. The molecule has 2 aliphatic rings. The van der Waals surface area contributed by atoms with Crippen LogP contribution in [0.1, 0.15) is 61.8 Å². The molecule has 0 radical (unpaired) electrons. The summed E-state index contributed by atoms with van der Waals surface area (Å²) in [6.07, 6.45) is 0.452. The molecule has 2 fully saturated rings. The van der Waals surface area contributed by atoms with Crippen LogP contribution < -0.4 is 5.32 Å². The monoisotopic (exact) mass is 586 g/mol. The Morgan fingerprint density at radius 3 is 2.33 bits per heavy atom. The Morgan fingerprint density at radius 1 is 0.976 bits per heavy atom. The molecule has 3 aromatic heterocycles. The molecule has 2 N–H and O–H groups in total. The standard InChI is InChI=1S/C30H31ClN8O3/c1-4-20-34-26(38-37-20)23-22-24(42-30(2,3)41-22)28(40-23)39-16-33-21-25(35-29(31)36-27(21)39)32-15-19(17-11-7-5-8-12-17)18-13-9-6-10-14-18/h5-14,16,19,22-24,28H,4,15H2,1-3H3,(H,32,35,36)(H,34,37,38)/t22-,23+,24-,28-/m1/s1. The summed E-state index contributed by atoms with van der Waals surface area (Å²) >= 11 is 6.49. The fourth-order valence-electron chi connectivity index (χ4n) is 5.82. The first kappa shape index (κ1) is 27.0. The second-order valence-electron chi connectivity index (χ2n) is 10.9. The highest BCUT2D eigenvalue weighted by Crippen LogP contribution is 2.49. The fourth-order valence-corrected chi connectivity index (χ4v) is 5.98. The Labute approximate surface area is 247 Å². The summed E-state index contributed by atoms with van der Waals surface area (Å²) in [5.41, 5.74) is 3.48. The van der Waals surface area contributed by atoms with Crippen molar-refractivity contribution >= 4 is 28.6 Å². The van der Waals surface area contributed by atoms with Gasteiger partial charge in [-0.2, -0.15) is 9.97 Å². The lowest BCUT2D eigenvalue weighted by molar-refractivity contribution is -0.198. The van der Waals surface area contributed by atoms with E-state index in [0.29, 0.717) is 29.4 Å². The van der Waals surface area contributed by atoms with Crippen LogP contribution in [0.2, 0.25) is 5.28 Å². The van der Waals surface area contributed by atoms with Gasteiger partial charge < -0.3 is 24.5 Å². The molecule has 2 aromatic carbocycles. The maximum Gasteiger partial charge on any atom is 0.226 e. The highest BCUT2D eigenvalue weighted by Gasteiger charge is 2.57. The number of hydrogen-bond donors (Lipinski definition) is 2. The van der Waals surface area contributed by atoms with E-state index < -0.39 is 30.3 Å². The van der Waals surface area contributed by atoms with Gasteiger partial charge in [-0.1, -0.05) is 67.6 Å². The number of halogens is 1. The number of hydrogen-bond acceptors (Lipinski definition) is 9. The van der Waals surface area contributed by atoms with Crippen LogP contribution in [0.5, 0.6) is 0 Å². The Balaban J connectivity index is 1.21. The van der Waals surface area contributed by atoms with Crippen LogP contribution in [0.25, 0.3) is 11.2 Å². The summed E-state index contributed by atoms with van der Waals surface area (Å²) in [7, 11) is 0. The van der Waals surface area contributed by atoms with E-state index in [1.807, 2.05) is 61.7 Å². The molecule has 42 heavy (non-hydrogen) atoms. The molecular formula is C30H31ClN8O3. The molecule has 0 aliphatic carbocycles. The van der Waals surface area contributed by atoms with Crippen LogP contribution in [0, 0.1) is 0 Å². The van der Waals surface area contributed by atoms with Crippen LogP contribution in [0.3, 0.4) is 0 Å². The van der Waals surface area contributed by atoms with Crippen molar-refractivity contribution in [3.05, 3.63) is 95.1 Å². The molecule has 0 amide bonds. The van der Waals surface area contributed by atoms with Gasteiger partial charge >= 0.3 is 0 Å². The molecule has 12 heteroatoms. The maximum absolute atomic E-state index is 6.53. The first-order chi connectivity index (χ1) is 20.4. The van der Waals surface area contributed by atoms with E-state index in [4.69, 9.17) is 30.8 Å². The number of benzene rings is 2. The quantitative estimate of drug-likeness (QED) is 0.236. The predicted molar refractivity (Wildman–Crippen MR) is 156 cm³/mol. The number of ether oxygens (including phenoxy) is 3. The smallest absolute Gasteiger partial charge is 0.226 e.